The Labute approximate surface area is 93.2 Å². The summed E-state index contributed by atoms with van der Waals surface area (Å²) in [5.74, 6) is -4.40. The van der Waals surface area contributed by atoms with E-state index in [1.807, 2.05) is 0 Å². The molecule has 0 aromatic rings. The fourth-order valence-electron chi connectivity index (χ4n) is 0.421. The normalized spacial score (nSPS) is 12.0. The van der Waals surface area contributed by atoms with Gasteiger partial charge < -0.3 is 21.7 Å². The zero-order valence-corrected chi connectivity index (χ0v) is 8.40. The van der Waals surface area contributed by atoms with Gasteiger partial charge in [0.05, 0.1) is 6.04 Å². The summed E-state index contributed by atoms with van der Waals surface area (Å²) in [6.07, 6.45) is -5.10. The maximum atomic E-state index is 10.6. The van der Waals surface area contributed by atoms with Crippen molar-refractivity contribution >= 4 is 17.8 Å². The number of alkyl halides is 3. The second-order valence-electron chi connectivity index (χ2n) is 2.74. The monoisotopic (exact) mass is 260 g/mol. The fraction of sp³-hybridized carbons (Fsp3) is 0.571. The molecule has 0 saturated carbocycles. The molecule has 0 bridgehead atoms. The molecule has 0 aliphatic heterocycles. The van der Waals surface area contributed by atoms with Gasteiger partial charge in [-0.2, -0.15) is 13.2 Å². The van der Waals surface area contributed by atoms with Gasteiger partial charge in [0.1, 0.15) is 0 Å². The second kappa shape index (κ2) is 7.44. The Morgan fingerprint density at radius 2 is 1.53 bits per heavy atom. The van der Waals surface area contributed by atoms with E-state index in [0.717, 1.165) is 0 Å². The van der Waals surface area contributed by atoms with Gasteiger partial charge in [-0.1, -0.05) is 0 Å². The Morgan fingerprint density at radius 3 is 1.71 bits per heavy atom. The summed E-state index contributed by atoms with van der Waals surface area (Å²) in [4.78, 5) is 29.0. The molecule has 0 unspecified atom stereocenters. The first-order valence-corrected chi connectivity index (χ1v) is 4.05. The lowest BCUT2D eigenvalue weighted by atomic mass is 10.1. The van der Waals surface area contributed by atoms with Gasteiger partial charge in [0.25, 0.3) is 0 Å². The van der Waals surface area contributed by atoms with Crippen molar-refractivity contribution in [1.82, 2.24) is 0 Å². The van der Waals surface area contributed by atoms with Crippen molar-refractivity contribution in [3.8, 4) is 0 Å². The number of carbonyl (C=O) groups is 3. The number of hydrogen-bond acceptors (Lipinski definition) is 4. The first kappa shape index (κ1) is 17.6. The molecule has 10 heteroatoms. The van der Waals surface area contributed by atoms with Crippen LogP contribution in [0.15, 0.2) is 0 Å². The van der Waals surface area contributed by atoms with Gasteiger partial charge in [0, 0.05) is 6.42 Å². The maximum absolute atomic E-state index is 10.6. The molecule has 1 amide bonds. The number of amides is 1. The molecule has 100 valence electrons. The van der Waals surface area contributed by atoms with Crippen LogP contribution in [0.4, 0.5) is 13.2 Å². The molecule has 0 aromatic heterocycles. The van der Waals surface area contributed by atoms with Gasteiger partial charge in [0.2, 0.25) is 5.91 Å². The van der Waals surface area contributed by atoms with Crippen LogP contribution in [0.25, 0.3) is 0 Å². The number of carboxylic acids is 2. The maximum Gasteiger partial charge on any atom is 0.490 e. The highest BCUT2D eigenvalue weighted by molar-refractivity contribution is 5.80. The highest BCUT2D eigenvalue weighted by Gasteiger charge is 2.38. The van der Waals surface area contributed by atoms with Crippen LogP contribution in [-0.2, 0) is 14.4 Å². The third-order valence-corrected chi connectivity index (χ3v) is 1.28. The second-order valence-corrected chi connectivity index (χ2v) is 2.74. The lowest BCUT2D eigenvalue weighted by Crippen LogP contribution is -2.36. The average molecular weight is 260 g/mol. The molecule has 7 nitrogen and oxygen atoms in total. The Kier molecular flexibility index (Phi) is 7.68. The minimum atomic E-state index is -5.08. The van der Waals surface area contributed by atoms with Crippen LogP contribution in [-0.4, -0.2) is 40.3 Å². The molecule has 0 aliphatic rings. The van der Waals surface area contributed by atoms with Crippen molar-refractivity contribution < 1.29 is 37.8 Å². The van der Waals surface area contributed by atoms with Crippen molar-refractivity contribution in [2.24, 2.45) is 11.5 Å². The van der Waals surface area contributed by atoms with Crippen molar-refractivity contribution in [3.05, 3.63) is 0 Å². The summed E-state index contributed by atoms with van der Waals surface area (Å²) < 4.78 is 31.7. The van der Waals surface area contributed by atoms with E-state index >= 15 is 0 Å². The van der Waals surface area contributed by atoms with E-state index in [1.54, 1.807) is 0 Å². The predicted octanol–water partition coefficient (Wildman–Crippen LogP) is -0.703. The first-order chi connectivity index (χ1) is 7.48. The van der Waals surface area contributed by atoms with Gasteiger partial charge in [-0.25, -0.2) is 4.79 Å². The molecular weight excluding hydrogens is 249 g/mol. The molecule has 0 spiro atoms. The minimum Gasteiger partial charge on any atom is -0.481 e. The van der Waals surface area contributed by atoms with Gasteiger partial charge in [-0.3, -0.25) is 9.59 Å². The van der Waals surface area contributed by atoms with Crippen molar-refractivity contribution in [2.45, 2.75) is 25.1 Å². The lowest BCUT2D eigenvalue weighted by molar-refractivity contribution is -0.192. The van der Waals surface area contributed by atoms with E-state index in [4.69, 9.17) is 26.5 Å². The van der Waals surface area contributed by atoms with Gasteiger partial charge in [-0.15, -0.1) is 0 Å². The van der Waals surface area contributed by atoms with Crippen LogP contribution >= 0.6 is 0 Å². The van der Waals surface area contributed by atoms with Crippen LogP contribution in [0.1, 0.15) is 12.8 Å². The number of carboxylic acid groups (broad SMARTS) is 2. The number of carbonyl (C=O) groups excluding carboxylic acids is 1. The zero-order chi connectivity index (χ0) is 14.2. The van der Waals surface area contributed by atoms with Crippen LogP contribution in [0.5, 0.6) is 0 Å². The Bertz CT molecular complexity index is 292. The van der Waals surface area contributed by atoms with Gasteiger partial charge in [-0.05, 0) is 6.42 Å². The number of aliphatic carboxylic acids is 2. The number of primary amides is 1. The molecule has 1 atom stereocenters. The SMILES string of the molecule is NC(=O)[C@H](N)CCC(=O)O.O=C(O)C(F)(F)F. The van der Waals surface area contributed by atoms with Crippen molar-refractivity contribution in [2.75, 3.05) is 0 Å². The Hall–Kier alpha value is -1.84. The quantitative estimate of drug-likeness (QED) is 0.526. The molecule has 0 rings (SSSR count). The number of rotatable bonds is 4. The van der Waals surface area contributed by atoms with Gasteiger partial charge in [0.15, 0.2) is 0 Å². The van der Waals surface area contributed by atoms with E-state index in [9.17, 15) is 22.8 Å². The Balaban J connectivity index is 0. The Morgan fingerprint density at radius 1 is 1.18 bits per heavy atom. The summed E-state index contributed by atoms with van der Waals surface area (Å²) in [5, 5.41) is 15.3. The summed E-state index contributed by atoms with van der Waals surface area (Å²) in [6.45, 7) is 0. The molecule has 0 aliphatic carbocycles. The largest absolute Gasteiger partial charge is 0.490 e. The molecule has 0 aromatic carbocycles. The topological polar surface area (TPSA) is 144 Å². The van der Waals surface area contributed by atoms with E-state index < -0.39 is 30.1 Å². The highest BCUT2D eigenvalue weighted by Crippen LogP contribution is 2.13. The van der Waals surface area contributed by atoms with E-state index in [0.29, 0.717) is 0 Å². The molecule has 0 fully saturated rings. The van der Waals surface area contributed by atoms with Crippen LogP contribution in [0.2, 0.25) is 0 Å². The zero-order valence-electron chi connectivity index (χ0n) is 8.40. The standard InChI is InChI=1S/C5H10N2O3.C2HF3O2/c6-3(5(7)10)1-2-4(8)9;3-2(4,5)1(6)7/h3H,1-2,6H2,(H2,7,10)(H,8,9);(H,6,7)/t3-;/m1./s1. The number of nitrogens with two attached hydrogens (primary N) is 2. The fourth-order valence-corrected chi connectivity index (χ4v) is 0.421. The minimum absolute atomic E-state index is 0.102. The van der Waals surface area contributed by atoms with Crippen molar-refractivity contribution in [1.29, 1.82) is 0 Å². The number of hydrogen-bond donors (Lipinski definition) is 4. The van der Waals surface area contributed by atoms with Crippen molar-refractivity contribution in [3.63, 3.8) is 0 Å². The van der Waals surface area contributed by atoms with Crippen LogP contribution in [0.3, 0.4) is 0 Å². The molecular formula is C7H11F3N2O5. The highest BCUT2D eigenvalue weighted by atomic mass is 19.4. The summed E-state index contributed by atoms with van der Waals surface area (Å²) in [5.41, 5.74) is 9.89. The summed E-state index contributed by atoms with van der Waals surface area (Å²) >= 11 is 0. The average Bonchev–Trinajstić information content (AvgIpc) is 2.13. The van der Waals surface area contributed by atoms with Crippen LogP contribution in [0, 0.1) is 0 Å². The third-order valence-electron chi connectivity index (χ3n) is 1.28. The third kappa shape index (κ3) is 12.1. The molecule has 6 N–H and O–H groups in total. The predicted molar refractivity (Wildman–Crippen MR) is 47.7 cm³/mol. The smallest absolute Gasteiger partial charge is 0.481 e. The molecule has 0 heterocycles. The van der Waals surface area contributed by atoms with E-state index in [-0.39, 0.29) is 12.8 Å². The first-order valence-electron chi connectivity index (χ1n) is 4.05. The van der Waals surface area contributed by atoms with E-state index in [1.165, 1.54) is 0 Å². The lowest BCUT2D eigenvalue weighted by Gasteiger charge is -2.02. The molecule has 0 radical (unpaired) electrons. The summed E-state index contributed by atoms with van der Waals surface area (Å²) in [7, 11) is 0. The summed E-state index contributed by atoms with van der Waals surface area (Å²) in [6, 6.07) is -0.837. The molecule has 17 heavy (non-hydrogen) atoms. The van der Waals surface area contributed by atoms with E-state index in [2.05, 4.69) is 0 Å². The molecule has 0 saturated heterocycles. The van der Waals surface area contributed by atoms with Gasteiger partial charge >= 0.3 is 18.1 Å². The van der Waals surface area contributed by atoms with Crippen LogP contribution < -0.4 is 11.5 Å². The number of halogens is 3.